The van der Waals surface area contributed by atoms with E-state index in [1.165, 1.54) is 0 Å². The molecule has 0 aliphatic carbocycles. The summed E-state index contributed by atoms with van der Waals surface area (Å²) in [6.45, 7) is 17.1. The van der Waals surface area contributed by atoms with Crippen molar-refractivity contribution < 1.29 is 27.2 Å². The molecule has 1 heterocycles. The van der Waals surface area contributed by atoms with Crippen molar-refractivity contribution in [3.05, 3.63) is 0 Å². The predicted octanol–water partition coefficient (Wildman–Crippen LogP) is 2.32. The fourth-order valence-electron chi connectivity index (χ4n) is 3.52. The number of nitrogens with one attached hydrogen (secondary N) is 2. The van der Waals surface area contributed by atoms with Gasteiger partial charge in [0, 0.05) is 65.4 Å². The molecule has 0 aromatic carbocycles. The second kappa shape index (κ2) is 17.6. The van der Waals surface area contributed by atoms with E-state index in [0.29, 0.717) is 51.8 Å². The summed E-state index contributed by atoms with van der Waals surface area (Å²) in [7, 11) is -6.04. The van der Waals surface area contributed by atoms with E-state index in [-0.39, 0.29) is 0 Å². The molecule has 1 rings (SSSR count). The van der Waals surface area contributed by atoms with Gasteiger partial charge in [0.05, 0.1) is 38.8 Å². The smallest absolute Gasteiger partial charge is 0.314 e. The summed E-state index contributed by atoms with van der Waals surface area (Å²) in [5, 5.41) is 6.98. The minimum atomic E-state index is -3.02. The second-order valence-corrected chi connectivity index (χ2v) is 11.9. The minimum Gasteiger partial charge on any atom is -0.314 e. The van der Waals surface area contributed by atoms with Crippen LogP contribution in [0.1, 0.15) is 27.7 Å². The van der Waals surface area contributed by atoms with Crippen LogP contribution in [0.2, 0.25) is 0 Å². The number of hydrogen-bond acceptors (Lipinski definition) is 10. The fraction of sp³-hybridized carbons (Fsp3) is 1.00. The molecule has 0 unspecified atom stereocenters. The Morgan fingerprint density at radius 2 is 0.875 bits per heavy atom. The molecule has 1 fully saturated rings. The third-order valence-corrected chi connectivity index (χ3v) is 9.20. The maximum atomic E-state index is 12.7. The highest BCUT2D eigenvalue weighted by atomic mass is 31.2. The van der Waals surface area contributed by atoms with Crippen molar-refractivity contribution in [2.75, 3.05) is 104 Å². The van der Waals surface area contributed by atoms with Crippen molar-refractivity contribution in [2.45, 2.75) is 27.7 Å². The molecule has 0 radical (unpaired) electrons. The normalized spacial score (nSPS) is 18.9. The van der Waals surface area contributed by atoms with Gasteiger partial charge in [0.1, 0.15) is 0 Å². The molecule has 0 spiro atoms. The maximum absolute atomic E-state index is 12.7. The van der Waals surface area contributed by atoms with E-state index >= 15 is 0 Å². The van der Waals surface area contributed by atoms with Crippen LogP contribution < -0.4 is 10.6 Å². The molecule has 2 N–H and O–H groups in total. The standard InChI is InChI=1S/C20H46N4O6P2/c1-5-27-31(25,28-6-2)19-17-23-13-9-21-11-15-24(16-12-22-10-14-23)18-20-32(26,29-7-3)30-8-4/h21-22H,5-20H2,1-4H3. The lowest BCUT2D eigenvalue weighted by atomic mass is 10.4. The summed E-state index contributed by atoms with van der Waals surface area (Å²) in [5.41, 5.74) is 0. The first-order chi connectivity index (χ1) is 15.4. The van der Waals surface area contributed by atoms with Crippen LogP contribution in [-0.4, -0.2) is 114 Å². The summed E-state index contributed by atoms with van der Waals surface area (Å²) in [4.78, 5) is 4.59. The molecule has 0 amide bonds. The average molecular weight is 501 g/mol. The van der Waals surface area contributed by atoms with Crippen LogP contribution in [0.3, 0.4) is 0 Å². The molecule has 0 bridgehead atoms. The molecule has 192 valence electrons. The van der Waals surface area contributed by atoms with Crippen LogP contribution in [0.5, 0.6) is 0 Å². The lowest BCUT2D eigenvalue weighted by Gasteiger charge is -2.28. The molecular weight excluding hydrogens is 454 g/mol. The van der Waals surface area contributed by atoms with Crippen LogP contribution in [0, 0.1) is 0 Å². The lowest BCUT2D eigenvalue weighted by Crippen LogP contribution is -2.44. The van der Waals surface area contributed by atoms with Gasteiger partial charge < -0.3 is 38.5 Å². The highest BCUT2D eigenvalue weighted by Crippen LogP contribution is 2.48. The Morgan fingerprint density at radius 3 is 1.12 bits per heavy atom. The van der Waals surface area contributed by atoms with Crippen molar-refractivity contribution in [3.8, 4) is 0 Å². The van der Waals surface area contributed by atoms with Crippen molar-refractivity contribution in [1.82, 2.24) is 20.4 Å². The van der Waals surface area contributed by atoms with Gasteiger partial charge >= 0.3 is 15.2 Å². The van der Waals surface area contributed by atoms with E-state index < -0.39 is 15.2 Å². The summed E-state index contributed by atoms with van der Waals surface area (Å²) in [5.74, 6) is 0. The maximum Gasteiger partial charge on any atom is 0.331 e. The van der Waals surface area contributed by atoms with E-state index in [1.54, 1.807) is 0 Å². The molecule has 1 aliphatic rings. The molecule has 0 aromatic heterocycles. The van der Waals surface area contributed by atoms with Crippen molar-refractivity contribution >= 4 is 15.2 Å². The molecule has 10 nitrogen and oxygen atoms in total. The first-order valence-electron chi connectivity index (χ1n) is 12.0. The van der Waals surface area contributed by atoms with Crippen molar-refractivity contribution in [3.63, 3.8) is 0 Å². The van der Waals surface area contributed by atoms with Gasteiger partial charge in [0.25, 0.3) is 0 Å². The predicted molar refractivity (Wildman–Crippen MR) is 130 cm³/mol. The summed E-state index contributed by atoms with van der Waals surface area (Å²) in [6, 6.07) is 0. The van der Waals surface area contributed by atoms with Gasteiger partial charge in [-0.15, -0.1) is 0 Å². The molecule has 0 aromatic rings. The molecule has 0 saturated carbocycles. The Bertz CT molecular complexity index is 492. The molecule has 1 saturated heterocycles. The van der Waals surface area contributed by atoms with E-state index in [2.05, 4.69) is 20.4 Å². The van der Waals surface area contributed by atoms with Gasteiger partial charge in [0.2, 0.25) is 0 Å². The van der Waals surface area contributed by atoms with Crippen LogP contribution in [-0.2, 0) is 27.2 Å². The summed E-state index contributed by atoms with van der Waals surface area (Å²) < 4.78 is 47.2. The van der Waals surface area contributed by atoms with Gasteiger partial charge in [0.15, 0.2) is 0 Å². The Kier molecular flexibility index (Phi) is 16.6. The second-order valence-electron chi connectivity index (χ2n) is 7.52. The van der Waals surface area contributed by atoms with E-state index in [1.807, 2.05) is 27.7 Å². The first kappa shape index (κ1) is 30.2. The van der Waals surface area contributed by atoms with Crippen LogP contribution in [0.4, 0.5) is 0 Å². The zero-order chi connectivity index (χ0) is 23.7. The largest absolute Gasteiger partial charge is 0.331 e. The highest BCUT2D eigenvalue weighted by Gasteiger charge is 2.25. The third kappa shape index (κ3) is 13.1. The summed E-state index contributed by atoms with van der Waals surface area (Å²) in [6.07, 6.45) is 0.810. The van der Waals surface area contributed by atoms with Crippen LogP contribution in [0.15, 0.2) is 0 Å². The van der Waals surface area contributed by atoms with Gasteiger partial charge in [-0.1, -0.05) is 0 Å². The first-order valence-corrected chi connectivity index (χ1v) is 15.5. The Hall–Kier alpha value is 0.140. The Balaban J connectivity index is 2.49. The lowest BCUT2D eigenvalue weighted by molar-refractivity contribution is 0.207. The fourth-order valence-corrected chi connectivity index (χ4v) is 6.81. The molecule has 12 heteroatoms. The number of hydrogen-bond donors (Lipinski definition) is 2. The highest BCUT2D eigenvalue weighted by molar-refractivity contribution is 7.54. The van der Waals surface area contributed by atoms with E-state index in [9.17, 15) is 9.13 Å². The van der Waals surface area contributed by atoms with Gasteiger partial charge in [-0.05, 0) is 27.7 Å². The Morgan fingerprint density at radius 1 is 0.594 bits per heavy atom. The van der Waals surface area contributed by atoms with E-state index in [0.717, 1.165) is 52.4 Å². The van der Waals surface area contributed by atoms with Crippen molar-refractivity contribution in [2.24, 2.45) is 0 Å². The monoisotopic (exact) mass is 500 g/mol. The van der Waals surface area contributed by atoms with Crippen LogP contribution >= 0.6 is 15.2 Å². The van der Waals surface area contributed by atoms with Gasteiger partial charge in [-0.2, -0.15) is 0 Å². The minimum absolute atomic E-state index is 0.390. The number of nitrogens with zero attached hydrogens (tertiary/aromatic N) is 2. The topological polar surface area (TPSA) is 102 Å². The van der Waals surface area contributed by atoms with Gasteiger partial charge in [-0.25, -0.2) is 0 Å². The quantitative estimate of drug-likeness (QED) is 0.346. The zero-order valence-electron chi connectivity index (χ0n) is 20.6. The third-order valence-electron chi connectivity index (χ3n) is 5.10. The Labute approximate surface area is 195 Å². The van der Waals surface area contributed by atoms with Crippen LogP contribution in [0.25, 0.3) is 0 Å². The number of rotatable bonds is 14. The molecule has 0 atom stereocenters. The molecule has 32 heavy (non-hydrogen) atoms. The molecule has 1 aliphatic heterocycles. The SMILES string of the molecule is CCOP(=O)(CCN1CCNCCN(CCP(=O)(OCC)OCC)CCNCC1)OCC. The van der Waals surface area contributed by atoms with Crippen molar-refractivity contribution in [1.29, 1.82) is 0 Å². The summed E-state index contributed by atoms with van der Waals surface area (Å²) >= 11 is 0. The average Bonchev–Trinajstić information content (AvgIpc) is 2.73. The van der Waals surface area contributed by atoms with Gasteiger partial charge in [-0.3, -0.25) is 9.13 Å². The zero-order valence-corrected chi connectivity index (χ0v) is 22.3. The van der Waals surface area contributed by atoms with E-state index in [4.69, 9.17) is 18.1 Å². The molecular formula is C20H46N4O6P2.